The third-order valence-electron chi connectivity index (χ3n) is 2.91. The van der Waals surface area contributed by atoms with Crippen molar-refractivity contribution in [2.75, 3.05) is 18.0 Å². The highest BCUT2D eigenvalue weighted by atomic mass is 32.2. The van der Waals surface area contributed by atoms with Gasteiger partial charge in [-0.15, -0.1) is 0 Å². The number of rotatable bonds is 4. The summed E-state index contributed by atoms with van der Waals surface area (Å²) in [5, 5.41) is 3.91. The third kappa shape index (κ3) is 2.83. The van der Waals surface area contributed by atoms with Gasteiger partial charge in [-0.05, 0) is 30.0 Å². The zero-order chi connectivity index (χ0) is 14.8. The summed E-state index contributed by atoms with van der Waals surface area (Å²) in [5.41, 5.74) is 5.88. The van der Waals surface area contributed by atoms with Crippen molar-refractivity contribution in [1.82, 2.24) is 10.1 Å². The van der Waals surface area contributed by atoms with Gasteiger partial charge in [0, 0.05) is 6.54 Å². The third-order valence-corrected chi connectivity index (χ3v) is 3.82. The van der Waals surface area contributed by atoms with E-state index in [-0.39, 0.29) is 12.6 Å². The van der Waals surface area contributed by atoms with E-state index in [1.807, 2.05) is 0 Å². The number of carbonyl (C=O) groups is 1. The van der Waals surface area contributed by atoms with Crippen LogP contribution in [0, 0.1) is 5.82 Å². The fourth-order valence-electron chi connectivity index (χ4n) is 1.90. The molecule has 21 heavy (non-hydrogen) atoms. The molecular formula is C12H11FN4O3S. The van der Waals surface area contributed by atoms with E-state index in [1.54, 1.807) is 12.1 Å². The maximum absolute atomic E-state index is 14.1. The lowest BCUT2D eigenvalue weighted by atomic mass is 10.2. The fourth-order valence-corrected chi connectivity index (χ4v) is 2.56. The molecule has 1 aromatic heterocycles. The van der Waals surface area contributed by atoms with Crippen molar-refractivity contribution in [3.8, 4) is 0 Å². The molecule has 1 saturated heterocycles. The molecule has 1 aliphatic rings. The van der Waals surface area contributed by atoms with Gasteiger partial charge in [-0.3, -0.25) is 4.90 Å². The first-order chi connectivity index (χ1) is 10.2. The van der Waals surface area contributed by atoms with Gasteiger partial charge in [0.1, 0.15) is 11.9 Å². The monoisotopic (exact) mass is 310 g/mol. The minimum Gasteiger partial charge on any atom is -0.443 e. The minimum atomic E-state index is -0.525. The van der Waals surface area contributed by atoms with Crippen LogP contribution in [0.5, 0.6) is 0 Å². The van der Waals surface area contributed by atoms with Crippen LogP contribution < -0.4 is 10.6 Å². The summed E-state index contributed by atoms with van der Waals surface area (Å²) in [7, 11) is 0. The Morgan fingerprint density at radius 3 is 3.00 bits per heavy atom. The minimum absolute atomic E-state index is 0.233. The summed E-state index contributed by atoms with van der Waals surface area (Å²) < 4.78 is 23.7. The van der Waals surface area contributed by atoms with Crippen LogP contribution in [0.4, 0.5) is 14.9 Å². The highest BCUT2D eigenvalue weighted by Gasteiger charge is 2.31. The van der Waals surface area contributed by atoms with Crippen molar-refractivity contribution < 1.29 is 18.4 Å². The Morgan fingerprint density at radius 1 is 1.52 bits per heavy atom. The molecule has 0 bridgehead atoms. The summed E-state index contributed by atoms with van der Waals surface area (Å²) in [6.45, 7) is 0.544. The van der Waals surface area contributed by atoms with Crippen LogP contribution in [0.15, 0.2) is 39.2 Å². The smallest absolute Gasteiger partial charge is 0.414 e. The van der Waals surface area contributed by atoms with E-state index in [4.69, 9.17) is 10.5 Å². The molecule has 7 nitrogen and oxygen atoms in total. The Labute approximate surface area is 123 Å². The zero-order valence-corrected chi connectivity index (χ0v) is 11.5. The molecule has 2 N–H and O–H groups in total. The predicted molar refractivity (Wildman–Crippen MR) is 71.5 cm³/mol. The van der Waals surface area contributed by atoms with Crippen LogP contribution in [-0.4, -0.2) is 35.4 Å². The second-order valence-corrected chi connectivity index (χ2v) is 5.29. The SMILES string of the molecule is NC[C@H]1CN(c2ccc(Sc3ncon3)c(F)c2)C(=O)O1. The lowest BCUT2D eigenvalue weighted by Gasteiger charge is -2.13. The quantitative estimate of drug-likeness (QED) is 0.917. The van der Waals surface area contributed by atoms with Gasteiger partial charge in [-0.1, -0.05) is 5.16 Å². The first-order valence-corrected chi connectivity index (χ1v) is 6.91. The first-order valence-electron chi connectivity index (χ1n) is 6.09. The van der Waals surface area contributed by atoms with E-state index < -0.39 is 11.9 Å². The number of anilines is 1. The van der Waals surface area contributed by atoms with Gasteiger partial charge in [-0.2, -0.15) is 4.98 Å². The van der Waals surface area contributed by atoms with Gasteiger partial charge in [0.2, 0.25) is 11.6 Å². The molecule has 1 atom stereocenters. The number of halogens is 1. The molecule has 0 saturated carbocycles. The number of carbonyl (C=O) groups excluding carboxylic acids is 1. The second-order valence-electron chi connectivity index (χ2n) is 4.28. The standard InChI is InChI=1S/C12H11FN4O3S/c13-9-3-7(17-5-8(4-14)20-12(17)18)1-2-10(9)21-11-15-6-19-16-11/h1-3,6,8H,4-5,14H2/t8-/m0/s1. The normalized spacial score (nSPS) is 18.1. The fraction of sp³-hybridized carbons (Fsp3) is 0.250. The van der Waals surface area contributed by atoms with Crippen molar-refractivity contribution in [3.63, 3.8) is 0 Å². The van der Waals surface area contributed by atoms with Crippen molar-refractivity contribution in [2.45, 2.75) is 16.2 Å². The largest absolute Gasteiger partial charge is 0.443 e. The predicted octanol–water partition coefficient (Wildman–Crippen LogP) is 1.64. The topological polar surface area (TPSA) is 94.5 Å². The van der Waals surface area contributed by atoms with Crippen LogP contribution in [0.2, 0.25) is 0 Å². The molecule has 0 radical (unpaired) electrons. The van der Waals surface area contributed by atoms with Crippen molar-refractivity contribution in [1.29, 1.82) is 0 Å². The Bertz CT molecular complexity index is 652. The summed E-state index contributed by atoms with van der Waals surface area (Å²) >= 11 is 1.03. The Morgan fingerprint density at radius 2 is 2.38 bits per heavy atom. The number of hydrogen-bond donors (Lipinski definition) is 1. The molecule has 1 aliphatic heterocycles. The molecule has 0 aliphatic carbocycles. The van der Waals surface area contributed by atoms with Crippen LogP contribution in [0.25, 0.3) is 0 Å². The Kier molecular flexibility index (Phi) is 3.76. The van der Waals surface area contributed by atoms with Gasteiger partial charge in [0.25, 0.3) is 0 Å². The highest BCUT2D eigenvalue weighted by molar-refractivity contribution is 7.99. The molecular weight excluding hydrogens is 299 g/mol. The van der Waals surface area contributed by atoms with Gasteiger partial charge >= 0.3 is 6.09 Å². The van der Waals surface area contributed by atoms with E-state index in [9.17, 15) is 9.18 Å². The molecule has 9 heteroatoms. The number of nitrogens with zero attached hydrogens (tertiary/aromatic N) is 3. The summed E-state index contributed by atoms with van der Waals surface area (Å²) in [5.74, 6) is -0.480. The first kappa shape index (κ1) is 13.8. The van der Waals surface area contributed by atoms with Gasteiger partial charge < -0.3 is 15.0 Å². The average molecular weight is 310 g/mol. The van der Waals surface area contributed by atoms with Crippen LogP contribution in [-0.2, 0) is 4.74 Å². The number of hydrogen-bond acceptors (Lipinski definition) is 7. The number of cyclic esters (lactones) is 1. The molecule has 1 amide bonds. The lowest BCUT2D eigenvalue weighted by Crippen LogP contribution is -2.27. The number of ether oxygens (including phenoxy) is 1. The second kappa shape index (κ2) is 5.70. The maximum atomic E-state index is 14.1. The molecule has 3 rings (SSSR count). The lowest BCUT2D eigenvalue weighted by molar-refractivity contribution is 0.145. The number of amides is 1. The molecule has 1 aromatic carbocycles. The average Bonchev–Trinajstić information content (AvgIpc) is 3.10. The summed E-state index contributed by atoms with van der Waals surface area (Å²) in [6.07, 6.45) is 0.277. The van der Waals surface area contributed by atoms with Crippen molar-refractivity contribution >= 4 is 23.5 Å². The zero-order valence-electron chi connectivity index (χ0n) is 10.7. The van der Waals surface area contributed by atoms with Gasteiger partial charge in [0.05, 0.1) is 17.1 Å². The van der Waals surface area contributed by atoms with Crippen molar-refractivity contribution in [2.24, 2.45) is 5.73 Å². The molecule has 0 spiro atoms. The Hall–Kier alpha value is -2.13. The summed E-state index contributed by atoms with van der Waals surface area (Å²) in [6, 6.07) is 4.45. The molecule has 1 fully saturated rings. The van der Waals surface area contributed by atoms with Gasteiger partial charge in [0.15, 0.2) is 0 Å². The molecule has 110 valence electrons. The highest BCUT2D eigenvalue weighted by Crippen LogP contribution is 2.31. The number of nitrogens with two attached hydrogens (primary N) is 1. The molecule has 0 unspecified atom stereocenters. The van der Waals surface area contributed by atoms with E-state index in [0.717, 1.165) is 11.8 Å². The molecule has 2 heterocycles. The maximum Gasteiger partial charge on any atom is 0.414 e. The van der Waals surface area contributed by atoms with Crippen LogP contribution >= 0.6 is 11.8 Å². The van der Waals surface area contributed by atoms with E-state index in [0.29, 0.717) is 22.3 Å². The van der Waals surface area contributed by atoms with Crippen LogP contribution in [0.3, 0.4) is 0 Å². The summed E-state index contributed by atoms with van der Waals surface area (Å²) in [4.78, 5) is 17.2. The van der Waals surface area contributed by atoms with Crippen molar-refractivity contribution in [3.05, 3.63) is 30.4 Å². The van der Waals surface area contributed by atoms with Gasteiger partial charge in [-0.25, -0.2) is 9.18 Å². The van der Waals surface area contributed by atoms with E-state index >= 15 is 0 Å². The Balaban J connectivity index is 1.79. The number of benzene rings is 1. The van der Waals surface area contributed by atoms with Crippen LogP contribution in [0.1, 0.15) is 0 Å². The molecule has 2 aromatic rings. The van der Waals surface area contributed by atoms with E-state index in [2.05, 4.69) is 14.7 Å². The van der Waals surface area contributed by atoms with E-state index in [1.165, 1.54) is 17.4 Å². The number of aromatic nitrogens is 2.